The summed E-state index contributed by atoms with van der Waals surface area (Å²) in [7, 11) is 0. The lowest BCUT2D eigenvalue weighted by molar-refractivity contribution is -0.125. The highest BCUT2D eigenvalue weighted by Gasteiger charge is 2.21. The lowest BCUT2D eigenvalue weighted by Gasteiger charge is -2.34. The number of nitrogens with zero attached hydrogens (tertiary/aromatic N) is 3. The molecule has 1 aliphatic heterocycles. The summed E-state index contributed by atoms with van der Waals surface area (Å²) in [6.07, 6.45) is 0.820. The number of amides is 1. The van der Waals surface area contributed by atoms with Crippen LogP contribution < -0.4 is 9.64 Å². The van der Waals surface area contributed by atoms with Crippen molar-refractivity contribution in [3.05, 3.63) is 72.3 Å². The minimum atomic E-state index is -0.144. The van der Waals surface area contributed by atoms with Crippen molar-refractivity contribution < 1.29 is 14.3 Å². The Balaban J connectivity index is 1.52. The van der Waals surface area contributed by atoms with E-state index in [1.807, 2.05) is 60.7 Å². The van der Waals surface area contributed by atoms with Gasteiger partial charge in [-0.25, -0.2) is 4.98 Å². The Labute approximate surface area is 187 Å². The second-order valence-electron chi connectivity index (χ2n) is 7.32. The molecule has 4 rings (SSSR count). The third kappa shape index (κ3) is 4.79. The van der Waals surface area contributed by atoms with Gasteiger partial charge in [-0.05, 0) is 61.4 Å². The second kappa shape index (κ2) is 9.80. The Morgan fingerprint density at radius 1 is 0.938 bits per heavy atom. The lowest BCUT2D eigenvalue weighted by atomic mass is 10.1. The monoisotopic (exact) mass is 425 g/mol. The number of piperazine rings is 1. The van der Waals surface area contributed by atoms with Gasteiger partial charge in [-0.3, -0.25) is 9.59 Å². The molecule has 1 aliphatic rings. The van der Waals surface area contributed by atoms with E-state index < -0.39 is 0 Å². The van der Waals surface area contributed by atoms with E-state index in [2.05, 4.69) is 16.7 Å². The van der Waals surface area contributed by atoms with E-state index in [-0.39, 0.29) is 5.91 Å². The molecule has 0 spiro atoms. The lowest BCUT2D eigenvalue weighted by Crippen LogP contribution is -2.48. The number of aromatic nitrogens is 1. The number of carbonyl (C=O) groups excluding carboxylic acids is 2. The van der Waals surface area contributed by atoms with Crippen molar-refractivity contribution in [2.75, 3.05) is 31.1 Å². The number of hydrogen-bond acceptors (Lipinski definition) is 5. The third-order valence-electron chi connectivity index (χ3n) is 5.27. The van der Waals surface area contributed by atoms with Crippen LogP contribution in [0.5, 0.6) is 11.5 Å². The smallest absolute Gasteiger partial charge is 0.298 e. The summed E-state index contributed by atoms with van der Waals surface area (Å²) in [4.78, 5) is 32.3. The molecule has 2 heterocycles. The van der Waals surface area contributed by atoms with Crippen LogP contribution in [0.4, 0.5) is 5.82 Å². The molecule has 0 bridgehead atoms. The Hall–Kier alpha value is -4.11. The summed E-state index contributed by atoms with van der Waals surface area (Å²) in [5.41, 5.74) is 1.98. The van der Waals surface area contributed by atoms with Crippen molar-refractivity contribution in [1.82, 2.24) is 9.88 Å². The van der Waals surface area contributed by atoms with Gasteiger partial charge in [0, 0.05) is 37.3 Å². The van der Waals surface area contributed by atoms with E-state index in [1.165, 1.54) is 0 Å². The van der Waals surface area contributed by atoms with Gasteiger partial charge in [0.2, 0.25) is 0 Å². The molecule has 6 nitrogen and oxygen atoms in total. The van der Waals surface area contributed by atoms with Gasteiger partial charge in [0.15, 0.2) is 6.29 Å². The molecule has 160 valence electrons. The fourth-order valence-corrected chi connectivity index (χ4v) is 3.59. The second-order valence-corrected chi connectivity index (χ2v) is 7.32. The number of anilines is 1. The number of para-hydroxylation sites is 1. The average Bonchev–Trinajstić information content (AvgIpc) is 2.85. The molecule has 0 saturated carbocycles. The fraction of sp³-hybridized carbons (Fsp3) is 0.192. The van der Waals surface area contributed by atoms with Gasteiger partial charge in [-0.1, -0.05) is 24.1 Å². The minimum Gasteiger partial charge on any atom is -0.457 e. The maximum Gasteiger partial charge on any atom is 0.298 e. The van der Waals surface area contributed by atoms with Crippen molar-refractivity contribution in [1.29, 1.82) is 0 Å². The highest BCUT2D eigenvalue weighted by atomic mass is 16.5. The zero-order valence-electron chi connectivity index (χ0n) is 17.8. The number of aldehydes is 1. The number of benzene rings is 2. The standard InChI is InChI=1S/C26H23N3O3/c1-2-6-25(31)29-17-15-28(16-18-29)24-14-11-21(19-30)26(27-24)20-9-12-23(13-10-20)32-22-7-4-3-5-8-22/h3-5,7-14,19H,15-18H2,1H3. The molecule has 0 unspecified atom stereocenters. The Morgan fingerprint density at radius 3 is 2.28 bits per heavy atom. The van der Waals surface area contributed by atoms with Crippen LogP contribution in [0.1, 0.15) is 17.3 Å². The summed E-state index contributed by atoms with van der Waals surface area (Å²) in [6, 6.07) is 20.7. The molecule has 0 aliphatic carbocycles. The predicted octanol–water partition coefficient (Wildman–Crippen LogP) is 4.03. The van der Waals surface area contributed by atoms with E-state index >= 15 is 0 Å². The first-order chi connectivity index (χ1) is 15.7. The van der Waals surface area contributed by atoms with Crippen molar-refractivity contribution in [2.45, 2.75) is 6.92 Å². The van der Waals surface area contributed by atoms with Crippen LogP contribution in [0.25, 0.3) is 11.3 Å². The molecular formula is C26H23N3O3. The zero-order chi connectivity index (χ0) is 22.3. The molecule has 0 radical (unpaired) electrons. The first-order valence-corrected chi connectivity index (χ1v) is 10.4. The highest BCUT2D eigenvalue weighted by Crippen LogP contribution is 2.28. The molecule has 3 aromatic rings. The molecule has 1 aromatic heterocycles. The zero-order valence-corrected chi connectivity index (χ0v) is 17.8. The van der Waals surface area contributed by atoms with Crippen LogP contribution in [0.3, 0.4) is 0 Å². The SMILES string of the molecule is CC#CC(=O)N1CCN(c2ccc(C=O)c(-c3ccc(Oc4ccccc4)cc3)n2)CC1. The molecule has 1 saturated heterocycles. The van der Waals surface area contributed by atoms with Crippen LogP contribution in [0, 0.1) is 11.8 Å². The Morgan fingerprint density at radius 2 is 1.62 bits per heavy atom. The van der Waals surface area contributed by atoms with Gasteiger partial charge in [0.25, 0.3) is 5.91 Å². The van der Waals surface area contributed by atoms with Gasteiger partial charge >= 0.3 is 0 Å². The van der Waals surface area contributed by atoms with Crippen molar-refractivity contribution in [2.24, 2.45) is 0 Å². The van der Waals surface area contributed by atoms with Crippen LogP contribution in [0.15, 0.2) is 66.7 Å². The molecule has 1 amide bonds. The number of carbonyl (C=O) groups is 2. The maximum atomic E-state index is 12.0. The number of hydrogen-bond donors (Lipinski definition) is 0. The summed E-state index contributed by atoms with van der Waals surface area (Å²) < 4.78 is 5.85. The quantitative estimate of drug-likeness (QED) is 0.456. The number of ether oxygens (including phenoxy) is 1. The minimum absolute atomic E-state index is 0.144. The average molecular weight is 425 g/mol. The van der Waals surface area contributed by atoms with Gasteiger partial charge in [-0.2, -0.15) is 0 Å². The fourth-order valence-electron chi connectivity index (χ4n) is 3.59. The highest BCUT2D eigenvalue weighted by molar-refractivity contribution is 5.93. The van der Waals surface area contributed by atoms with Crippen molar-refractivity contribution in [3.63, 3.8) is 0 Å². The Bertz CT molecular complexity index is 1160. The van der Waals surface area contributed by atoms with E-state index in [0.717, 1.165) is 23.4 Å². The van der Waals surface area contributed by atoms with E-state index in [1.54, 1.807) is 17.9 Å². The van der Waals surface area contributed by atoms with Crippen molar-refractivity contribution >= 4 is 18.0 Å². The first-order valence-electron chi connectivity index (χ1n) is 10.4. The largest absolute Gasteiger partial charge is 0.457 e. The molecule has 32 heavy (non-hydrogen) atoms. The maximum absolute atomic E-state index is 12.0. The van der Waals surface area contributed by atoms with Gasteiger partial charge < -0.3 is 14.5 Å². The molecule has 2 aromatic carbocycles. The van der Waals surface area contributed by atoms with Gasteiger partial charge in [0.05, 0.1) is 5.69 Å². The summed E-state index contributed by atoms with van der Waals surface area (Å²) in [5.74, 6) is 7.35. The van der Waals surface area contributed by atoms with Gasteiger partial charge in [-0.15, -0.1) is 0 Å². The predicted molar refractivity (Wildman–Crippen MR) is 124 cm³/mol. The Kier molecular flexibility index (Phi) is 6.47. The van der Waals surface area contributed by atoms with E-state index in [4.69, 9.17) is 9.72 Å². The third-order valence-corrected chi connectivity index (χ3v) is 5.27. The van der Waals surface area contributed by atoms with Crippen LogP contribution in [-0.4, -0.2) is 48.3 Å². The molecular weight excluding hydrogens is 402 g/mol. The summed E-state index contributed by atoms with van der Waals surface area (Å²) >= 11 is 0. The van der Waals surface area contributed by atoms with Crippen LogP contribution >= 0.6 is 0 Å². The number of pyridine rings is 1. The topological polar surface area (TPSA) is 62.7 Å². The summed E-state index contributed by atoms with van der Waals surface area (Å²) in [6.45, 7) is 4.16. The van der Waals surface area contributed by atoms with Crippen LogP contribution in [0.2, 0.25) is 0 Å². The van der Waals surface area contributed by atoms with Crippen LogP contribution in [-0.2, 0) is 4.79 Å². The van der Waals surface area contributed by atoms with Gasteiger partial charge in [0.1, 0.15) is 17.3 Å². The van der Waals surface area contributed by atoms with Crippen molar-refractivity contribution in [3.8, 4) is 34.6 Å². The summed E-state index contributed by atoms with van der Waals surface area (Å²) in [5, 5.41) is 0. The van der Waals surface area contributed by atoms with E-state index in [9.17, 15) is 9.59 Å². The normalized spacial score (nSPS) is 13.2. The van der Waals surface area contributed by atoms with E-state index in [0.29, 0.717) is 43.2 Å². The molecule has 1 fully saturated rings. The first kappa shape index (κ1) is 21.1. The molecule has 0 N–H and O–H groups in total. The molecule has 0 atom stereocenters. The molecule has 6 heteroatoms. The number of rotatable bonds is 5.